The summed E-state index contributed by atoms with van der Waals surface area (Å²) in [5.74, 6) is 0.963. The molecule has 2 aromatic rings. The maximum absolute atomic E-state index is 12.6. The molecule has 0 bridgehead atoms. The van der Waals surface area contributed by atoms with E-state index in [1.165, 1.54) is 17.7 Å². The van der Waals surface area contributed by atoms with E-state index in [1.807, 2.05) is 44.2 Å². The average Bonchev–Trinajstić information content (AvgIpc) is 3.23. The summed E-state index contributed by atoms with van der Waals surface area (Å²) in [5.41, 5.74) is 2.88. The molecule has 2 N–H and O–H groups in total. The second-order valence-electron chi connectivity index (χ2n) is 6.46. The lowest BCUT2D eigenvalue weighted by Gasteiger charge is -2.23. The van der Waals surface area contributed by atoms with Crippen molar-refractivity contribution in [1.29, 1.82) is 0 Å². The van der Waals surface area contributed by atoms with Crippen molar-refractivity contribution < 1.29 is 14.1 Å². The van der Waals surface area contributed by atoms with Crippen LogP contribution in [0.1, 0.15) is 46.1 Å². The zero-order chi connectivity index (χ0) is 16.2. The van der Waals surface area contributed by atoms with Crippen molar-refractivity contribution >= 4 is 5.91 Å². The number of rotatable bonds is 5. The molecule has 1 fully saturated rings. The standard InChI is InChI=1S/C19H24N2O2/c1-14-7-8-15(2)16(12-14)19(22)20-13-17(18-6-5-11-23-18)21-9-3-4-10-21/h5-8,11-12,17H,3-4,9-10,13H2,1-2H3,(H,20,22)/p+1/t17-/m0/s1. The first-order valence-corrected chi connectivity index (χ1v) is 8.38. The Morgan fingerprint density at radius 3 is 2.74 bits per heavy atom. The van der Waals surface area contributed by atoms with Crippen molar-refractivity contribution in [2.45, 2.75) is 32.7 Å². The third kappa shape index (κ3) is 3.64. The van der Waals surface area contributed by atoms with Gasteiger partial charge >= 0.3 is 0 Å². The quantitative estimate of drug-likeness (QED) is 0.887. The highest BCUT2D eigenvalue weighted by Crippen LogP contribution is 2.13. The molecule has 4 nitrogen and oxygen atoms in total. The molecule has 0 radical (unpaired) electrons. The molecular formula is C19H25N2O2+. The first-order valence-electron chi connectivity index (χ1n) is 8.38. The first-order chi connectivity index (χ1) is 11.1. The van der Waals surface area contributed by atoms with Gasteiger partial charge in [0.05, 0.1) is 25.9 Å². The zero-order valence-electron chi connectivity index (χ0n) is 13.9. The Bertz CT molecular complexity index is 658. The SMILES string of the molecule is Cc1ccc(C)c(C(=O)NC[C@@H](c2ccco2)[NH+]2CCCC2)c1. The Balaban J connectivity index is 1.71. The maximum atomic E-state index is 12.6. The van der Waals surface area contributed by atoms with Crippen molar-refractivity contribution in [2.75, 3.05) is 19.6 Å². The van der Waals surface area contributed by atoms with Gasteiger partial charge in [-0.2, -0.15) is 0 Å². The number of likely N-dealkylation sites (tertiary alicyclic amines) is 1. The number of benzene rings is 1. The zero-order valence-corrected chi connectivity index (χ0v) is 13.9. The van der Waals surface area contributed by atoms with Crippen LogP contribution in [0.2, 0.25) is 0 Å². The molecule has 1 saturated heterocycles. The number of hydrogen-bond donors (Lipinski definition) is 2. The van der Waals surface area contributed by atoms with E-state index in [2.05, 4.69) is 5.32 Å². The largest absolute Gasteiger partial charge is 0.463 e. The van der Waals surface area contributed by atoms with E-state index in [9.17, 15) is 4.79 Å². The summed E-state index contributed by atoms with van der Waals surface area (Å²) < 4.78 is 5.62. The third-order valence-electron chi connectivity index (χ3n) is 4.73. The molecule has 1 aromatic heterocycles. The number of carbonyl (C=O) groups excluding carboxylic acids is 1. The fourth-order valence-corrected chi connectivity index (χ4v) is 3.38. The Morgan fingerprint density at radius 2 is 2.04 bits per heavy atom. The molecule has 1 aliphatic rings. The predicted octanol–water partition coefficient (Wildman–Crippen LogP) is 2.05. The molecule has 1 atom stereocenters. The van der Waals surface area contributed by atoms with Gasteiger partial charge < -0.3 is 14.6 Å². The van der Waals surface area contributed by atoms with Crippen LogP contribution in [0.25, 0.3) is 0 Å². The van der Waals surface area contributed by atoms with E-state index in [4.69, 9.17) is 4.42 Å². The average molecular weight is 313 g/mol. The van der Waals surface area contributed by atoms with Crippen LogP contribution >= 0.6 is 0 Å². The lowest BCUT2D eigenvalue weighted by atomic mass is 10.0. The normalized spacial score (nSPS) is 16.4. The molecule has 3 rings (SSSR count). The Hall–Kier alpha value is -2.07. The van der Waals surface area contributed by atoms with Gasteiger partial charge in [-0.15, -0.1) is 0 Å². The molecule has 23 heavy (non-hydrogen) atoms. The van der Waals surface area contributed by atoms with E-state index in [0.717, 1.165) is 35.5 Å². The van der Waals surface area contributed by atoms with Crippen molar-refractivity contribution in [3.63, 3.8) is 0 Å². The summed E-state index contributed by atoms with van der Waals surface area (Å²) in [7, 11) is 0. The van der Waals surface area contributed by atoms with Gasteiger partial charge in [-0.3, -0.25) is 4.79 Å². The van der Waals surface area contributed by atoms with Crippen LogP contribution in [-0.4, -0.2) is 25.5 Å². The fraction of sp³-hybridized carbons (Fsp3) is 0.421. The lowest BCUT2D eigenvalue weighted by molar-refractivity contribution is -0.919. The van der Waals surface area contributed by atoms with Crippen molar-refractivity contribution in [3.05, 3.63) is 59.0 Å². The van der Waals surface area contributed by atoms with E-state index in [1.54, 1.807) is 6.26 Å². The Kier molecular flexibility index (Phi) is 4.82. The van der Waals surface area contributed by atoms with Gasteiger partial charge in [0.15, 0.2) is 11.8 Å². The molecule has 1 aromatic carbocycles. The predicted molar refractivity (Wildman–Crippen MR) is 89.6 cm³/mol. The topological polar surface area (TPSA) is 46.7 Å². The van der Waals surface area contributed by atoms with Gasteiger partial charge in [-0.05, 0) is 37.6 Å². The summed E-state index contributed by atoms with van der Waals surface area (Å²) in [4.78, 5) is 14.1. The van der Waals surface area contributed by atoms with E-state index >= 15 is 0 Å². The molecule has 0 spiro atoms. The summed E-state index contributed by atoms with van der Waals surface area (Å²) in [6, 6.07) is 10.1. The number of hydrogen-bond acceptors (Lipinski definition) is 2. The van der Waals surface area contributed by atoms with Crippen molar-refractivity contribution in [3.8, 4) is 0 Å². The molecular weight excluding hydrogens is 288 g/mol. The summed E-state index contributed by atoms with van der Waals surface area (Å²) >= 11 is 0. The van der Waals surface area contributed by atoms with Gasteiger partial charge in [-0.1, -0.05) is 17.7 Å². The Labute approximate surface area is 137 Å². The smallest absolute Gasteiger partial charge is 0.251 e. The molecule has 122 valence electrons. The van der Waals surface area contributed by atoms with E-state index in [-0.39, 0.29) is 11.9 Å². The second-order valence-corrected chi connectivity index (χ2v) is 6.46. The van der Waals surface area contributed by atoms with Crippen LogP contribution in [0.15, 0.2) is 41.0 Å². The minimum Gasteiger partial charge on any atom is -0.463 e. The fourth-order valence-electron chi connectivity index (χ4n) is 3.38. The molecule has 1 amide bonds. The highest BCUT2D eigenvalue weighted by atomic mass is 16.3. The van der Waals surface area contributed by atoms with Crippen LogP contribution in [0, 0.1) is 13.8 Å². The Morgan fingerprint density at radius 1 is 1.26 bits per heavy atom. The van der Waals surface area contributed by atoms with Gasteiger partial charge in [0.1, 0.15) is 0 Å². The number of furan rings is 1. The van der Waals surface area contributed by atoms with Gasteiger partial charge in [0.25, 0.3) is 5.91 Å². The minimum absolute atomic E-state index is 0.00125. The molecule has 0 aliphatic carbocycles. The molecule has 0 unspecified atom stereocenters. The van der Waals surface area contributed by atoms with E-state index < -0.39 is 0 Å². The number of carbonyl (C=O) groups is 1. The van der Waals surface area contributed by atoms with Gasteiger partial charge in [-0.25, -0.2) is 0 Å². The number of quaternary nitrogens is 1. The van der Waals surface area contributed by atoms with E-state index in [0.29, 0.717) is 6.54 Å². The molecule has 0 saturated carbocycles. The van der Waals surface area contributed by atoms with Crippen LogP contribution in [0.5, 0.6) is 0 Å². The van der Waals surface area contributed by atoms with Crippen molar-refractivity contribution in [1.82, 2.24) is 5.32 Å². The minimum atomic E-state index is 0.00125. The van der Waals surface area contributed by atoms with Gasteiger partial charge in [0.2, 0.25) is 0 Å². The first kappa shape index (κ1) is 15.8. The monoisotopic (exact) mass is 313 g/mol. The molecule has 1 aliphatic heterocycles. The van der Waals surface area contributed by atoms with Gasteiger partial charge in [0, 0.05) is 18.4 Å². The maximum Gasteiger partial charge on any atom is 0.251 e. The number of amides is 1. The summed E-state index contributed by atoms with van der Waals surface area (Å²) in [6.07, 6.45) is 4.21. The van der Waals surface area contributed by atoms with Crippen molar-refractivity contribution in [2.24, 2.45) is 0 Å². The van der Waals surface area contributed by atoms with Crippen LogP contribution in [0.4, 0.5) is 0 Å². The van der Waals surface area contributed by atoms with Crippen LogP contribution < -0.4 is 10.2 Å². The highest BCUT2D eigenvalue weighted by Gasteiger charge is 2.29. The lowest BCUT2D eigenvalue weighted by Crippen LogP contribution is -3.11. The molecule has 4 heteroatoms. The number of aryl methyl sites for hydroxylation is 2. The molecule has 2 heterocycles. The third-order valence-corrected chi connectivity index (χ3v) is 4.73. The number of nitrogens with one attached hydrogen (secondary N) is 2. The summed E-state index contributed by atoms with van der Waals surface area (Å²) in [5, 5.41) is 3.11. The van der Waals surface area contributed by atoms with Crippen LogP contribution in [0.3, 0.4) is 0 Å². The van der Waals surface area contributed by atoms with Crippen LogP contribution in [-0.2, 0) is 0 Å². The summed E-state index contributed by atoms with van der Waals surface area (Å²) in [6.45, 7) is 6.88. The highest BCUT2D eigenvalue weighted by molar-refractivity contribution is 5.95. The second kappa shape index (κ2) is 7.01.